The maximum atomic E-state index is 14.1. The van der Waals surface area contributed by atoms with Crippen LogP contribution in [0, 0.1) is 0 Å². The van der Waals surface area contributed by atoms with E-state index in [0.29, 0.717) is 49.3 Å². The minimum absolute atomic E-state index is 0.0713. The summed E-state index contributed by atoms with van der Waals surface area (Å²) in [4.78, 5) is 30.0. The molecule has 196 valence electrons. The summed E-state index contributed by atoms with van der Waals surface area (Å²) in [5, 5.41) is 13.3. The minimum atomic E-state index is -0.591. The van der Waals surface area contributed by atoms with Crippen molar-refractivity contribution >= 4 is 11.8 Å². The molecule has 2 N–H and O–H groups in total. The number of rotatable bonds is 6. The van der Waals surface area contributed by atoms with Crippen LogP contribution in [0.4, 0.5) is 0 Å². The standard InChI is InChI=1S/C31H32N2O5/c34-23-13-11-22(12-14-23)33-29(21-10-15-26-27(18-21)38-19-37-26)28(24-8-4-5-9-25(24)31(33)36)30(35)32-17-16-20-6-2-1-3-7-20/h1-10,15,18,22-23,28-29,34H,11-14,16-17,19H2,(H,32,35)/t22-,23-,28-,29+/m1/s1. The molecule has 1 aliphatic carbocycles. The Morgan fingerprint density at radius 1 is 0.921 bits per heavy atom. The lowest BCUT2D eigenvalue weighted by molar-refractivity contribution is -0.124. The fourth-order valence-electron chi connectivity index (χ4n) is 6.11. The first kappa shape index (κ1) is 24.5. The van der Waals surface area contributed by atoms with Gasteiger partial charge in [-0.3, -0.25) is 9.59 Å². The first-order valence-electron chi connectivity index (χ1n) is 13.4. The molecule has 38 heavy (non-hydrogen) atoms. The zero-order valence-electron chi connectivity index (χ0n) is 21.2. The molecule has 2 aliphatic heterocycles. The lowest BCUT2D eigenvalue weighted by atomic mass is 9.77. The molecular weight excluding hydrogens is 480 g/mol. The van der Waals surface area contributed by atoms with Crippen molar-refractivity contribution < 1.29 is 24.2 Å². The number of aliphatic hydroxyl groups excluding tert-OH is 1. The molecule has 7 nitrogen and oxygen atoms in total. The highest BCUT2D eigenvalue weighted by atomic mass is 16.7. The number of amides is 2. The molecule has 3 aromatic rings. The Morgan fingerprint density at radius 2 is 1.66 bits per heavy atom. The molecule has 0 radical (unpaired) electrons. The van der Waals surface area contributed by atoms with Gasteiger partial charge >= 0.3 is 0 Å². The second kappa shape index (κ2) is 10.5. The first-order valence-corrected chi connectivity index (χ1v) is 13.4. The molecule has 1 fully saturated rings. The van der Waals surface area contributed by atoms with Gasteiger partial charge in [0.05, 0.1) is 18.1 Å². The van der Waals surface area contributed by atoms with Crippen LogP contribution in [-0.4, -0.2) is 47.3 Å². The fraction of sp³-hybridized carbons (Fsp3) is 0.355. The van der Waals surface area contributed by atoms with Gasteiger partial charge in [0.15, 0.2) is 11.5 Å². The Hall–Kier alpha value is -3.84. The SMILES string of the molecule is O=C(NCCc1ccccc1)[C@@H]1c2ccccc2C(=O)N([C@H]2CC[C@H](O)CC2)[C@H]1c1ccc2c(c1)OCO2. The molecule has 0 unspecified atom stereocenters. The molecule has 0 spiro atoms. The van der Waals surface area contributed by atoms with Gasteiger partial charge < -0.3 is 24.8 Å². The van der Waals surface area contributed by atoms with Crippen LogP contribution in [-0.2, 0) is 11.2 Å². The normalized spacial score (nSPS) is 24.1. The zero-order chi connectivity index (χ0) is 26.1. The number of ether oxygens (including phenoxy) is 2. The summed E-state index contributed by atoms with van der Waals surface area (Å²) in [5.74, 6) is 0.512. The van der Waals surface area contributed by atoms with Gasteiger partial charge in [0.2, 0.25) is 12.7 Å². The van der Waals surface area contributed by atoms with Gasteiger partial charge in [-0.15, -0.1) is 0 Å². The first-order chi connectivity index (χ1) is 18.6. The van der Waals surface area contributed by atoms with Crippen LogP contribution in [0.5, 0.6) is 11.5 Å². The zero-order valence-corrected chi connectivity index (χ0v) is 21.2. The van der Waals surface area contributed by atoms with Crippen molar-refractivity contribution in [2.24, 2.45) is 0 Å². The summed E-state index contributed by atoms with van der Waals surface area (Å²) in [7, 11) is 0. The van der Waals surface area contributed by atoms with Gasteiger partial charge in [-0.2, -0.15) is 0 Å². The summed E-state index contributed by atoms with van der Waals surface area (Å²) >= 11 is 0. The quantitative estimate of drug-likeness (QED) is 0.513. The largest absolute Gasteiger partial charge is 0.454 e. The Kier molecular flexibility index (Phi) is 6.77. The van der Waals surface area contributed by atoms with Gasteiger partial charge in [-0.25, -0.2) is 0 Å². The average Bonchev–Trinajstić information content (AvgIpc) is 3.42. The fourth-order valence-corrected chi connectivity index (χ4v) is 6.11. The van der Waals surface area contributed by atoms with Crippen molar-refractivity contribution in [3.63, 3.8) is 0 Å². The Bertz CT molecular complexity index is 1320. The van der Waals surface area contributed by atoms with E-state index >= 15 is 0 Å². The van der Waals surface area contributed by atoms with E-state index < -0.39 is 12.0 Å². The number of hydrogen-bond donors (Lipinski definition) is 2. The van der Waals surface area contributed by atoms with Crippen molar-refractivity contribution in [1.82, 2.24) is 10.2 Å². The lowest BCUT2D eigenvalue weighted by Gasteiger charge is -2.47. The van der Waals surface area contributed by atoms with E-state index in [2.05, 4.69) is 17.4 Å². The van der Waals surface area contributed by atoms with E-state index in [1.165, 1.54) is 0 Å². The van der Waals surface area contributed by atoms with Gasteiger partial charge in [0, 0.05) is 18.2 Å². The molecule has 2 amide bonds. The summed E-state index contributed by atoms with van der Waals surface area (Å²) in [6.45, 7) is 0.651. The van der Waals surface area contributed by atoms with Crippen LogP contribution in [0.25, 0.3) is 0 Å². The van der Waals surface area contributed by atoms with Crippen molar-refractivity contribution in [1.29, 1.82) is 0 Å². The third-order valence-corrected chi connectivity index (χ3v) is 8.01. The average molecular weight is 513 g/mol. The maximum absolute atomic E-state index is 14.1. The van der Waals surface area contributed by atoms with Crippen LogP contribution in [0.3, 0.4) is 0 Å². The van der Waals surface area contributed by atoms with Crippen molar-refractivity contribution in [2.75, 3.05) is 13.3 Å². The van der Waals surface area contributed by atoms with Crippen molar-refractivity contribution in [2.45, 2.75) is 56.2 Å². The number of nitrogens with zero attached hydrogens (tertiary/aromatic N) is 1. The molecular formula is C31H32N2O5. The van der Waals surface area contributed by atoms with Crippen LogP contribution in [0.2, 0.25) is 0 Å². The number of aliphatic hydroxyl groups is 1. The smallest absolute Gasteiger partial charge is 0.254 e. The maximum Gasteiger partial charge on any atom is 0.254 e. The number of benzene rings is 3. The highest BCUT2D eigenvalue weighted by Crippen LogP contribution is 2.47. The van der Waals surface area contributed by atoms with Crippen molar-refractivity contribution in [3.05, 3.63) is 95.1 Å². The number of hydrogen-bond acceptors (Lipinski definition) is 5. The molecule has 2 heterocycles. The molecule has 6 rings (SSSR count). The molecule has 3 aliphatic rings. The van der Waals surface area contributed by atoms with Crippen LogP contribution in [0.15, 0.2) is 72.8 Å². The topological polar surface area (TPSA) is 88.1 Å². The third-order valence-electron chi connectivity index (χ3n) is 8.01. The molecule has 0 bridgehead atoms. The van der Waals surface area contributed by atoms with E-state index in [0.717, 1.165) is 23.1 Å². The number of nitrogens with one attached hydrogen (secondary N) is 1. The minimum Gasteiger partial charge on any atom is -0.454 e. The number of fused-ring (bicyclic) bond motifs is 2. The van der Waals surface area contributed by atoms with Gasteiger partial charge in [0.1, 0.15) is 0 Å². The van der Waals surface area contributed by atoms with Gasteiger partial charge in [0.25, 0.3) is 5.91 Å². The number of carbonyl (C=O) groups is 2. The third kappa shape index (κ3) is 4.63. The van der Waals surface area contributed by atoms with E-state index in [-0.39, 0.29) is 30.8 Å². The van der Waals surface area contributed by atoms with Crippen molar-refractivity contribution in [3.8, 4) is 11.5 Å². The molecule has 0 aromatic heterocycles. The van der Waals surface area contributed by atoms with Crippen LogP contribution >= 0.6 is 0 Å². The van der Waals surface area contributed by atoms with Gasteiger partial charge in [-0.05, 0) is 67.0 Å². The second-order valence-corrected chi connectivity index (χ2v) is 10.3. The van der Waals surface area contributed by atoms with Crippen LogP contribution < -0.4 is 14.8 Å². The Morgan fingerprint density at radius 3 is 2.47 bits per heavy atom. The summed E-state index contributed by atoms with van der Waals surface area (Å²) in [6.07, 6.45) is 3.03. The molecule has 2 atom stereocenters. The number of carbonyl (C=O) groups excluding carboxylic acids is 2. The van der Waals surface area contributed by atoms with E-state index in [1.807, 2.05) is 65.6 Å². The van der Waals surface area contributed by atoms with E-state index in [4.69, 9.17) is 9.47 Å². The summed E-state index contributed by atoms with van der Waals surface area (Å²) in [5.41, 5.74) is 3.30. The highest BCUT2D eigenvalue weighted by molar-refractivity contribution is 6.01. The van der Waals surface area contributed by atoms with E-state index in [1.54, 1.807) is 0 Å². The lowest BCUT2D eigenvalue weighted by Crippen LogP contribution is -2.52. The monoisotopic (exact) mass is 512 g/mol. The van der Waals surface area contributed by atoms with E-state index in [9.17, 15) is 14.7 Å². The Labute approximate surface area is 222 Å². The molecule has 3 aromatic carbocycles. The summed E-state index contributed by atoms with van der Waals surface area (Å²) in [6, 6.07) is 22.6. The predicted molar refractivity (Wildman–Crippen MR) is 142 cm³/mol. The molecule has 0 saturated heterocycles. The van der Waals surface area contributed by atoms with Gasteiger partial charge in [-0.1, -0.05) is 54.6 Å². The second-order valence-electron chi connectivity index (χ2n) is 10.3. The Balaban J connectivity index is 1.39. The van der Waals surface area contributed by atoms with Crippen LogP contribution in [0.1, 0.15) is 64.7 Å². The molecule has 7 heteroatoms. The predicted octanol–water partition coefficient (Wildman–Crippen LogP) is 4.36. The molecule has 1 saturated carbocycles. The summed E-state index contributed by atoms with van der Waals surface area (Å²) < 4.78 is 11.2. The highest BCUT2D eigenvalue weighted by Gasteiger charge is 2.47.